The van der Waals surface area contributed by atoms with Crippen molar-refractivity contribution in [3.05, 3.63) is 35.5 Å². The number of rotatable bonds is 2. The molecule has 1 N–H and O–H groups in total. The lowest BCUT2D eigenvalue weighted by atomic mass is 10.2. The van der Waals surface area contributed by atoms with E-state index in [1.807, 2.05) is 0 Å². The van der Waals surface area contributed by atoms with E-state index in [-0.39, 0.29) is 17.4 Å². The van der Waals surface area contributed by atoms with Crippen molar-refractivity contribution in [2.75, 3.05) is 6.54 Å². The van der Waals surface area contributed by atoms with Gasteiger partial charge in [-0.05, 0) is 31.5 Å². The van der Waals surface area contributed by atoms with Gasteiger partial charge in [-0.1, -0.05) is 5.16 Å². The van der Waals surface area contributed by atoms with Gasteiger partial charge in [-0.3, -0.25) is 0 Å². The number of hydrogen-bond donors (Lipinski definition) is 1. The Kier molecular flexibility index (Phi) is 2.98. The molecule has 100 valence electrons. The fourth-order valence-corrected chi connectivity index (χ4v) is 2.07. The predicted molar refractivity (Wildman–Crippen MR) is 59.6 cm³/mol. The van der Waals surface area contributed by atoms with Crippen LogP contribution in [0, 0.1) is 17.5 Å². The van der Waals surface area contributed by atoms with E-state index in [2.05, 4.69) is 15.5 Å². The second kappa shape index (κ2) is 4.65. The van der Waals surface area contributed by atoms with Gasteiger partial charge in [0.05, 0.1) is 6.04 Å². The number of aromatic nitrogens is 2. The molecule has 0 aliphatic carbocycles. The molecule has 1 aliphatic rings. The summed E-state index contributed by atoms with van der Waals surface area (Å²) >= 11 is 0. The maximum Gasteiger partial charge on any atom is 0.244 e. The van der Waals surface area contributed by atoms with Crippen molar-refractivity contribution in [1.82, 2.24) is 15.5 Å². The molecule has 4 nitrogen and oxygen atoms in total. The van der Waals surface area contributed by atoms with E-state index in [9.17, 15) is 13.2 Å². The van der Waals surface area contributed by atoms with Crippen LogP contribution < -0.4 is 5.32 Å². The van der Waals surface area contributed by atoms with Gasteiger partial charge in [0.15, 0.2) is 17.5 Å². The van der Waals surface area contributed by atoms with Crippen LogP contribution >= 0.6 is 0 Å². The summed E-state index contributed by atoms with van der Waals surface area (Å²) in [4.78, 5) is 4.08. The summed E-state index contributed by atoms with van der Waals surface area (Å²) in [6, 6.07) is 1.65. The van der Waals surface area contributed by atoms with Crippen molar-refractivity contribution in [3.63, 3.8) is 0 Å². The van der Waals surface area contributed by atoms with E-state index in [1.54, 1.807) is 0 Å². The minimum atomic E-state index is -1.51. The zero-order valence-electron chi connectivity index (χ0n) is 9.79. The monoisotopic (exact) mass is 269 g/mol. The van der Waals surface area contributed by atoms with Crippen molar-refractivity contribution in [1.29, 1.82) is 0 Å². The molecule has 1 aromatic carbocycles. The molecule has 19 heavy (non-hydrogen) atoms. The first-order valence-electron chi connectivity index (χ1n) is 5.87. The molecule has 7 heteroatoms. The van der Waals surface area contributed by atoms with Crippen molar-refractivity contribution >= 4 is 0 Å². The highest BCUT2D eigenvalue weighted by molar-refractivity contribution is 5.54. The van der Waals surface area contributed by atoms with Crippen LogP contribution in [-0.2, 0) is 0 Å². The van der Waals surface area contributed by atoms with Gasteiger partial charge in [0.25, 0.3) is 0 Å². The zero-order valence-corrected chi connectivity index (χ0v) is 9.79. The van der Waals surface area contributed by atoms with Gasteiger partial charge in [0.1, 0.15) is 0 Å². The Morgan fingerprint density at radius 1 is 1.21 bits per heavy atom. The van der Waals surface area contributed by atoms with Crippen LogP contribution in [0.4, 0.5) is 13.2 Å². The summed E-state index contributed by atoms with van der Waals surface area (Å²) in [6.07, 6.45) is 1.87. The molecule has 2 aromatic rings. The maximum absolute atomic E-state index is 13.1. The van der Waals surface area contributed by atoms with E-state index >= 15 is 0 Å². The lowest BCUT2D eigenvalue weighted by Gasteiger charge is -2.01. The molecule has 0 unspecified atom stereocenters. The summed E-state index contributed by atoms with van der Waals surface area (Å²) in [5, 5.41) is 6.83. The smallest absolute Gasteiger partial charge is 0.244 e. The van der Waals surface area contributed by atoms with E-state index in [0.717, 1.165) is 31.5 Å². The Labute approximate surface area is 106 Å². The quantitative estimate of drug-likeness (QED) is 0.851. The van der Waals surface area contributed by atoms with Crippen LogP contribution in [0.25, 0.3) is 11.4 Å². The Balaban J connectivity index is 1.94. The molecule has 1 fully saturated rings. The van der Waals surface area contributed by atoms with Gasteiger partial charge in [-0.15, -0.1) is 0 Å². The Bertz CT molecular complexity index is 585. The van der Waals surface area contributed by atoms with Gasteiger partial charge in [-0.25, -0.2) is 13.2 Å². The predicted octanol–water partition coefficient (Wildman–Crippen LogP) is 2.58. The highest BCUT2D eigenvalue weighted by Crippen LogP contribution is 2.25. The molecule has 1 saturated heterocycles. The van der Waals surface area contributed by atoms with Crippen LogP contribution in [0.1, 0.15) is 24.8 Å². The largest absolute Gasteiger partial charge is 0.337 e. The number of hydrogen-bond acceptors (Lipinski definition) is 4. The van der Waals surface area contributed by atoms with Gasteiger partial charge in [-0.2, -0.15) is 4.98 Å². The summed E-state index contributed by atoms with van der Waals surface area (Å²) in [7, 11) is 0. The van der Waals surface area contributed by atoms with E-state index in [0.29, 0.717) is 5.89 Å². The number of nitrogens with zero attached hydrogens (tertiary/aromatic N) is 2. The number of benzene rings is 1. The highest BCUT2D eigenvalue weighted by atomic mass is 19.2. The zero-order chi connectivity index (χ0) is 13.4. The molecule has 1 aliphatic heterocycles. The molecule has 0 bridgehead atoms. The van der Waals surface area contributed by atoms with E-state index in [1.165, 1.54) is 0 Å². The summed E-state index contributed by atoms with van der Waals surface area (Å²) < 4.78 is 44.1. The van der Waals surface area contributed by atoms with E-state index in [4.69, 9.17) is 4.52 Å². The number of nitrogens with one attached hydrogen (secondary N) is 1. The van der Waals surface area contributed by atoms with Gasteiger partial charge in [0, 0.05) is 5.56 Å². The normalized spacial score (nSPS) is 19.0. The summed E-state index contributed by atoms with van der Waals surface area (Å²) in [6.45, 7) is 0.863. The lowest BCUT2D eigenvalue weighted by molar-refractivity contribution is 0.345. The molecule has 2 heterocycles. The van der Waals surface area contributed by atoms with Crippen molar-refractivity contribution < 1.29 is 17.7 Å². The fourth-order valence-electron chi connectivity index (χ4n) is 2.07. The minimum Gasteiger partial charge on any atom is -0.337 e. The van der Waals surface area contributed by atoms with Crippen molar-refractivity contribution in [3.8, 4) is 11.4 Å². The molecule has 0 saturated carbocycles. The Hall–Kier alpha value is -1.89. The summed E-state index contributed by atoms with van der Waals surface area (Å²) in [5.41, 5.74) is 0.0457. The number of halogens is 3. The second-order valence-corrected chi connectivity index (χ2v) is 4.36. The average molecular weight is 269 g/mol. The topological polar surface area (TPSA) is 51.0 Å². The highest BCUT2D eigenvalue weighted by Gasteiger charge is 2.23. The van der Waals surface area contributed by atoms with Gasteiger partial charge >= 0.3 is 0 Å². The lowest BCUT2D eigenvalue weighted by Crippen LogP contribution is -2.12. The molecule has 3 rings (SSSR count). The third-order valence-electron chi connectivity index (χ3n) is 3.04. The maximum atomic E-state index is 13.1. The van der Waals surface area contributed by atoms with Crippen LogP contribution in [0.15, 0.2) is 16.7 Å². The van der Waals surface area contributed by atoms with Crippen LogP contribution in [0.5, 0.6) is 0 Å². The molecule has 0 radical (unpaired) electrons. The van der Waals surface area contributed by atoms with Crippen LogP contribution in [0.3, 0.4) is 0 Å². The molecule has 1 atom stereocenters. The minimum absolute atomic E-state index is 0.0311. The standard InChI is InChI=1S/C12H10F3N3O/c13-7-4-6(5-8(14)10(7)15)11-17-12(19-18-11)9-2-1-3-16-9/h4-5,9,16H,1-3H2/t9-/m0/s1. The molecule has 0 amide bonds. The van der Waals surface area contributed by atoms with Crippen molar-refractivity contribution in [2.45, 2.75) is 18.9 Å². The Morgan fingerprint density at radius 2 is 1.95 bits per heavy atom. The SMILES string of the molecule is Fc1cc(-c2noc([C@@H]3CCCN3)n2)cc(F)c1F. The third-order valence-corrected chi connectivity index (χ3v) is 3.04. The van der Waals surface area contributed by atoms with Gasteiger partial charge in [0.2, 0.25) is 11.7 Å². The average Bonchev–Trinajstić information content (AvgIpc) is 3.05. The van der Waals surface area contributed by atoms with Crippen LogP contribution in [0.2, 0.25) is 0 Å². The van der Waals surface area contributed by atoms with Crippen molar-refractivity contribution in [2.24, 2.45) is 0 Å². The summed E-state index contributed by atoms with van der Waals surface area (Å²) in [5.74, 6) is -3.65. The van der Waals surface area contributed by atoms with Gasteiger partial charge < -0.3 is 9.84 Å². The molecule has 1 aromatic heterocycles. The fraction of sp³-hybridized carbons (Fsp3) is 0.333. The van der Waals surface area contributed by atoms with Crippen LogP contribution in [-0.4, -0.2) is 16.7 Å². The second-order valence-electron chi connectivity index (χ2n) is 4.36. The Morgan fingerprint density at radius 3 is 2.58 bits per heavy atom. The van der Waals surface area contributed by atoms with E-state index < -0.39 is 17.5 Å². The first-order valence-corrected chi connectivity index (χ1v) is 5.87. The third kappa shape index (κ3) is 2.21. The molecule has 0 spiro atoms. The first-order chi connectivity index (χ1) is 9.15. The first kappa shape index (κ1) is 12.2. The molecular formula is C12H10F3N3O. The molecular weight excluding hydrogens is 259 g/mol.